The second kappa shape index (κ2) is 9.68. The van der Waals surface area contributed by atoms with E-state index in [0.29, 0.717) is 5.39 Å². The van der Waals surface area contributed by atoms with Gasteiger partial charge in [0.15, 0.2) is 0 Å². The van der Waals surface area contributed by atoms with E-state index in [-0.39, 0.29) is 41.1 Å². The maximum Gasteiger partial charge on any atom is 0.297 e. The number of unbranched alkanes of at least 4 members (excludes halogenated alkanes) is 4. The van der Waals surface area contributed by atoms with Crippen LogP contribution in [0.4, 0.5) is 0 Å². The summed E-state index contributed by atoms with van der Waals surface area (Å²) in [6, 6.07) is 12.7. The van der Waals surface area contributed by atoms with Gasteiger partial charge in [-0.15, -0.1) is 0 Å². The molecule has 0 atom stereocenters. The van der Waals surface area contributed by atoms with Crippen molar-refractivity contribution in [3.8, 4) is 0 Å². The van der Waals surface area contributed by atoms with E-state index in [9.17, 15) is 8.42 Å². The number of fused-ring (bicyclic) bond motifs is 1. The van der Waals surface area contributed by atoms with Crippen molar-refractivity contribution in [2.45, 2.75) is 43.9 Å². The van der Waals surface area contributed by atoms with Crippen LogP contribution >= 0.6 is 0 Å². The monoisotopic (exact) mass is 329 g/mol. The minimum atomic E-state index is -3.68. The molecule has 0 spiro atoms. The second-order valence-corrected chi connectivity index (χ2v) is 6.75. The van der Waals surface area contributed by atoms with Crippen LogP contribution in [0.25, 0.3) is 10.8 Å². The van der Waals surface area contributed by atoms with Gasteiger partial charge in [-0.05, 0) is 17.9 Å². The molecule has 0 saturated heterocycles. The van der Waals surface area contributed by atoms with Crippen LogP contribution < -0.4 is 0 Å². The standard InChI is InChI=1S/C17H22O3S.Na/c1-2-3-4-5-8-14-20-21(18,19)17-13-9-11-15-10-6-7-12-16(15)17;/h6-7,9-13H,2-5,8,14H2,1H3;. The molecule has 0 heterocycles. The number of hydrogen-bond acceptors (Lipinski definition) is 3. The molecule has 2 aromatic rings. The van der Waals surface area contributed by atoms with Crippen LogP contribution in [0.5, 0.6) is 0 Å². The van der Waals surface area contributed by atoms with Gasteiger partial charge < -0.3 is 0 Å². The average Bonchev–Trinajstić information content (AvgIpc) is 2.50. The Kier molecular flexibility index (Phi) is 8.65. The van der Waals surface area contributed by atoms with Crippen molar-refractivity contribution in [3.63, 3.8) is 0 Å². The molecule has 0 saturated carbocycles. The van der Waals surface area contributed by atoms with E-state index in [1.807, 2.05) is 30.3 Å². The first-order chi connectivity index (χ1) is 10.1. The maximum atomic E-state index is 12.3. The maximum absolute atomic E-state index is 12.3. The largest absolute Gasteiger partial charge is 0.297 e. The van der Waals surface area contributed by atoms with E-state index in [2.05, 4.69) is 6.92 Å². The van der Waals surface area contributed by atoms with E-state index >= 15 is 0 Å². The zero-order chi connectivity index (χ0) is 15.1. The summed E-state index contributed by atoms with van der Waals surface area (Å²) in [6.07, 6.45) is 5.29. The fourth-order valence-corrected chi connectivity index (χ4v) is 3.52. The van der Waals surface area contributed by atoms with Crippen LogP contribution in [0.1, 0.15) is 39.0 Å². The third-order valence-electron chi connectivity index (χ3n) is 3.51. The zero-order valence-electron chi connectivity index (χ0n) is 13.4. The average molecular weight is 329 g/mol. The molecule has 0 bridgehead atoms. The van der Waals surface area contributed by atoms with Gasteiger partial charge in [0, 0.05) is 34.9 Å². The van der Waals surface area contributed by atoms with Gasteiger partial charge >= 0.3 is 0 Å². The van der Waals surface area contributed by atoms with Gasteiger partial charge in [0.2, 0.25) is 0 Å². The fourth-order valence-electron chi connectivity index (χ4n) is 2.35. The van der Waals surface area contributed by atoms with Gasteiger partial charge in [0.05, 0.1) is 6.61 Å². The number of rotatable bonds is 8. The summed E-state index contributed by atoms with van der Waals surface area (Å²) in [7, 11) is -3.68. The Morgan fingerprint density at radius 2 is 1.59 bits per heavy atom. The molecule has 0 unspecified atom stereocenters. The van der Waals surface area contributed by atoms with Gasteiger partial charge in [-0.3, -0.25) is 4.18 Å². The summed E-state index contributed by atoms with van der Waals surface area (Å²) in [6.45, 7) is 2.41. The minimum Gasteiger partial charge on any atom is -0.266 e. The Hall–Kier alpha value is -0.390. The minimum absolute atomic E-state index is 0. The van der Waals surface area contributed by atoms with E-state index in [4.69, 9.17) is 4.18 Å². The van der Waals surface area contributed by atoms with Gasteiger partial charge in [0.25, 0.3) is 10.1 Å². The topological polar surface area (TPSA) is 43.4 Å². The fraction of sp³-hybridized carbons (Fsp3) is 0.412. The molecule has 115 valence electrons. The Morgan fingerprint density at radius 3 is 2.36 bits per heavy atom. The second-order valence-electron chi connectivity index (χ2n) is 5.17. The van der Waals surface area contributed by atoms with Gasteiger partial charge in [-0.25, -0.2) is 0 Å². The first-order valence-electron chi connectivity index (χ1n) is 7.52. The Bertz CT molecular complexity index is 678. The smallest absolute Gasteiger partial charge is 0.266 e. The Morgan fingerprint density at radius 1 is 0.909 bits per heavy atom. The van der Waals surface area contributed by atoms with Crippen molar-refractivity contribution in [1.29, 1.82) is 0 Å². The van der Waals surface area contributed by atoms with Crippen molar-refractivity contribution >= 4 is 50.4 Å². The summed E-state index contributed by atoms with van der Waals surface area (Å²) in [4.78, 5) is 0.258. The molecule has 5 heteroatoms. The van der Waals surface area contributed by atoms with Crippen molar-refractivity contribution < 1.29 is 12.6 Å². The molecule has 0 aromatic heterocycles. The van der Waals surface area contributed by atoms with Crippen LogP contribution in [-0.2, 0) is 14.3 Å². The van der Waals surface area contributed by atoms with Gasteiger partial charge in [-0.2, -0.15) is 8.42 Å². The van der Waals surface area contributed by atoms with Crippen LogP contribution in [-0.4, -0.2) is 44.6 Å². The molecule has 0 fully saturated rings. The van der Waals surface area contributed by atoms with Gasteiger partial charge in [0.1, 0.15) is 4.90 Å². The van der Waals surface area contributed by atoms with Crippen LogP contribution in [0.15, 0.2) is 47.4 Å². The molecule has 2 rings (SSSR count). The molecule has 1 radical (unpaired) electrons. The first kappa shape index (κ1) is 19.7. The van der Waals surface area contributed by atoms with Crippen LogP contribution in [0.3, 0.4) is 0 Å². The zero-order valence-corrected chi connectivity index (χ0v) is 16.2. The van der Waals surface area contributed by atoms with Crippen molar-refractivity contribution in [2.24, 2.45) is 0 Å². The molecule has 0 N–H and O–H groups in total. The van der Waals surface area contributed by atoms with Crippen LogP contribution in [0, 0.1) is 0 Å². The molecule has 3 nitrogen and oxygen atoms in total. The molecule has 0 aliphatic rings. The molecule has 22 heavy (non-hydrogen) atoms. The van der Waals surface area contributed by atoms with Crippen molar-refractivity contribution in [3.05, 3.63) is 42.5 Å². The molecule has 2 aromatic carbocycles. The van der Waals surface area contributed by atoms with E-state index in [1.54, 1.807) is 12.1 Å². The molecular formula is C17H22NaO3S. The molecular weight excluding hydrogens is 307 g/mol. The molecule has 0 aliphatic carbocycles. The SMILES string of the molecule is CCCCCCCOS(=O)(=O)c1cccc2ccccc12.[Na]. The normalized spacial score (nSPS) is 11.3. The number of benzene rings is 2. The summed E-state index contributed by atoms with van der Waals surface area (Å²) in [5.41, 5.74) is 0. The predicted octanol–water partition coefficient (Wildman–Crippen LogP) is 4.13. The summed E-state index contributed by atoms with van der Waals surface area (Å²) in [5.74, 6) is 0. The van der Waals surface area contributed by atoms with Gasteiger partial charge in [-0.1, -0.05) is 69.0 Å². The van der Waals surface area contributed by atoms with Crippen molar-refractivity contribution in [1.82, 2.24) is 0 Å². The summed E-state index contributed by atoms with van der Waals surface area (Å²) >= 11 is 0. The predicted molar refractivity (Wildman–Crippen MR) is 91.6 cm³/mol. The third kappa shape index (κ3) is 5.36. The molecule has 0 amide bonds. The summed E-state index contributed by atoms with van der Waals surface area (Å²) < 4.78 is 29.8. The van der Waals surface area contributed by atoms with E-state index < -0.39 is 10.1 Å². The first-order valence-corrected chi connectivity index (χ1v) is 8.93. The number of hydrogen-bond donors (Lipinski definition) is 0. The Labute approximate surface area is 155 Å². The van der Waals surface area contributed by atoms with Crippen molar-refractivity contribution in [2.75, 3.05) is 6.61 Å². The Balaban J connectivity index is 0.00000242. The molecule has 0 aliphatic heterocycles. The van der Waals surface area contributed by atoms with Crippen LogP contribution in [0.2, 0.25) is 0 Å². The van der Waals surface area contributed by atoms with E-state index in [0.717, 1.165) is 24.6 Å². The summed E-state index contributed by atoms with van der Waals surface area (Å²) in [5, 5.41) is 1.62. The van der Waals surface area contributed by atoms with E-state index in [1.165, 1.54) is 12.8 Å². The third-order valence-corrected chi connectivity index (χ3v) is 4.88. The quantitative estimate of drug-likeness (QED) is 0.415.